The van der Waals surface area contributed by atoms with Crippen molar-refractivity contribution in [2.75, 3.05) is 54.7 Å². The molecule has 11 nitrogen and oxygen atoms in total. The predicted octanol–water partition coefficient (Wildman–Crippen LogP) is 4.48. The van der Waals surface area contributed by atoms with E-state index in [2.05, 4.69) is 22.8 Å². The molecule has 1 aromatic carbocycles. The number of pyridine rings is 1. The van der Waals surface area contributed by atoms with Crippen LogP contribution in [0.1, 0.15) is 49.6 Å². The van der Waals surface area contributed by atoms with Gasteiger partial charge in [0.2, 0.25) is 11.8 Å². The molecule has 11 heteroatoms. The lowest BCUT2D eigenvalue weighted by Crippen LogP contribution is -2.48. The highest BCUT2D eigenvalue weighted by molar-refractivity contribution is 5.90. The fraction of sp³-hybridized carbons (Fsp3) is 0.433. The standard InChI is InChI=1S/C30H35N7O4/c1-4-23-16-26(28-25(9-10-27(34-28)39-3)37(23)30(38)41-5-2)36(20-22-8-6-7-21(15-22)17-31)29-32-18-24(19-33-29)35-11-13-40-14-12-35/h6-10,15,18-19,23,26H,4-5,11-14,16,20H2,1-3H3. The second-order valence-electron chi connectivity index (χ2n) is 9.92. The second-order valence-corrected chi connectivity index (χ2v) is 9.92. The van der Waals surface area contributed by atoms with E-state index in [0.717, 1.165) is 30.8 Å². The Morgan fingerprint density at radius 3 is 2.63 bits per heavy atom. The van der Waals surface area contributed by atoms with Crippen LogP contribution in [0.4, 0.5) is 22.1 Å². The number of benzene rings is 1. The zero-order valence-electron chi connectivity index (χ0n) is 23.7. The summed E-state index contributed by atoms with van der Waals surface area (Å²) >= 11 is 0. The molecule has 214 valence electrons. The SMILES string of the molecule is CCOC(=O)N1c2ccc(OC)nc2C(N(Cc2cccc(C#N)c2)c2ncc(N3CCOCC3)cn2)CC1CC. The Kier molecular flexibility index (Phi) is 8.79. The third-order valence-electron chi connectivity index (χ3n) is 7.50. The Morgan fingerprint density at radius 2 is 1.95 bits per heavy atom. The summed E-state index contributed by atoms with van der Waals surface area (Å²) < 4.78 is 16.4. The predicted molar refractivity (Wildman–Crippen MR) is 154 cm³/mol. The van der Waals surface area contributed by atoms with Crippen molar-refractivity contribution in [1.29, 1.82) is 5.26 Å². The lowest BCUT2D eigenvalue weighted by molar-refractivity contribution is 0.122. The first-order chi connectivity index (χ1) is 20.1. The highest BCUT2D eigenvalue weighted by atomic mass is 16.6. The maximum Gasteiger partial charge on any atom is 0.414 e. The van der Waals surface area contributed by atoms with Gasteiger partial charge in [0.1, 0.15) is 0 Å². The quantitative estimate of drug-likeness (QED) is 0.392. The van der Waals surface area contributed by atoms with Gasteiger partial charge in [0.05, 0.1) is 74.1 Å². The van der Waals surface area contributed by atoms with Crippen LogP contribution in [0.15, 0.2) is 48.8 Å². The Hall–Kier alpha value is -4.43. The molecule has 0 spiro atoms. The molecule has 2 unspecified atom stereocenters. The van der Waals surface area contributed by atoms with Crippen LogP contribution in [0.5, 0.6) is 5.88 Å². The minimum Gasteiger partial charge on any atom is -0.481 e. The Balaban J connectivity index is 1.59. The Bertz CT molecular complexity index is 1390. The highest BCUT2D eigenvalue weighted by Gasteiger charge is 2.40. The summed E-state index contributed by atoms with van der Waals surface area (Å²) in [7, 11) is 1.57. The summed E-state index contributed by atoms with van der Waals surface area (Å²) in [5, 5.41) is 9.52. The second kappa shape index (κ2) is 12.8. The smallest absolute Gasteiger partial charge is 0.414 e. The van der Waals surface area contributed by atoms with Gasteiger partial charge in [-0.25, -0.2) is 19.7 Å². The molecule has 1 fully saturated rings. The van der Waals surface area contributed by atoms with Gasteiger partial charge in [-0.15, -0.1) is 0 Å². The molecule has 5 rings (SSSR count). The van der Waals surface area contributed by atoms with Crippen LogP contribution in [0.25, 0.3) is 0 Å². The minimum atomic E-state index is -0.398. The molecule has 1 saturated heterocycles. The molecule has 1 amide bonds. The third kappa shape index (κ3) is 6.02. The number of rotatable bonds is 8. The number of carbonyl (C=O) groups excluding carboxylic acids is 1. The van der Waals surface area contributed by atoms with Crippen LogP contribution in [0.2, 0.25) is 0 Å². The van der Waals surface area contributed by atoms with Crippen molar-refractivity contribution in [2.45, 2.75) is 45.3 Å². The fourth-order valence-corrected chi connectivity index (χ4v) is 5.45. The van der Waals surface area contributed by atoms with E-state index < -0.39 is 6.09 Å². The first-order valence-electron chi connectivity index (χ1n) is 14.0. The number of ether oxygens (including phenoxy) is 3. The summed E-state index contributed by atoms with van der Waals surface area (Å²) in [4.78, 5) is 33.7. The highest BCUT2D eigenvalue weighted by Crippen LogP contribution is 2.43. The average Bonchev–Trinajstić information content (AvgIpc) is 3.03. The number of nitriles is 1. The van der Waals surface area contributed by atoms with Crippen molar-refractivity contribution in [3.05, 3.63) is 65.6 Å². The lowest BCUT2D eigenvalue weighted by Gasteiger charge is -2.43. The minimum absolute atomic E-state index is 0.137. The molecular formula is C30H35N7O4. The van der Waals surface area contributed by atoms with E-state index in [9.17, 15) is 10.1 Å². The summed E-state index contributed by atoms with van der Waals surface area (Å²) in [5.74, 6) is 0.979. The van der Waals surface area contributed by atoms with E-state index >= 15 is 0 Å². The van der Waals surface area contributed by atoms with Crippen LogP contribution < -0.4 is 19.4 Å². The normalized spacial score (nSPS) is 18.3. The van der Waals surface area contributed by atoms with Crippen LogP contribution >= 0.6 is 0 Å². The molecule has 2 aliphatic heterocycles. The number of anilines is 3. The largest absolute Gasteiger partial charge is 0.481 e. The molecule has 0 bridgehead atoms. The van der Waals surface area contributed by atoms with E-state index in [-0.39, 0.29) is 18.7 Å². The summed E-state index contributed by atoms with van der Waals surface area (Å²) in [6, 6.07) is 13.0. The van der Waals surface area contributed by atoms with Crippen molar-refractivity contribution in [2.24, 2.45) is 0 Å². The van der Waals surface area contributed by atoms with Crippen molar-refractivity contribution in [1.82, 2.24) is 15.0 Å². The van der Waals surface area contributed by atoms with Gasteiger partial charge in [-0.1, -0.05) is 19.1 Å². The van der Waals surface area contributed by atoms with E-state index in [1.54, 1.807) is 31.1 Å². The van der Waals surface area contributed by atoms with Gasteiger partial charge in [0, 0.05) is 31.7 Å². The molecule has 2 atom stereocenters. The van der Waals surface area contributed by atoms with E-state index in [1.807, 2.05) is 36.7 Å². The lowest BCUT2D eigenvalue weighted by atomic mass is 9.92. The van der Waals surface area contributed by atoms with Crippen molar-refractivity contribution >= 4 is 23.4 Å². The number of methoxy groups -OCH3 is 1. The van der Waals surface area contributed by atoms with Crippen LogP contribution in [0, 0.1) is 11.3 Å². The fourth-order valence-electron chi connectivity index (χ4n) is 5.45. The van der Waals surface area contributed by atoms with Crippen LogP contribution in [-0.4, -0.2) is 67.1 Å². The summed E-state index contributed by atoms with van der Waals surface area (Å²) in [6.07, 6.45) is 4.59. The Morgan fingerprint density at radius 1 is 1.17 bits per heavy atom. The summed E-state index contributed by atoms with van der Waals surface area (Å²) in [5.41, 5.74) is 3.81. The molecule has 3 aromatic rings. The van der Waals surface area contributed by atoms with Crippen molar-refractivity contribution in [3.63, 3.8) is 0 Å². The van der Waals surface area contributed by atoms with Gasteiger partial charge in [0.15, 0.2) is 0 Å². The molecule has 0 N–H and O–H groups in total. The van der Waals surface area contributed by atoms with Crippen LogP contribution in [-0.2, 0) is 16.0 Å². The average molecular weight is 558 g/mol. The zero-order chi connectivity index (χ0) is 28.8. The number of hydrogen-bond acceptors (Lipinski definition) is 10. The van der Waals surface area contributed by atoms with Gasteiger partial charge >= 0.3 is 6.09 Å². The van der Waals surface area contributed by atoms with Gasteiger partial charge in [0.25, 0.3) is 0 Å². The number of morpholine rings is 1. The first-order valence-corrected chi connectivity index (χ1v) is 14.0. The van der Waals surface area contributed by atoms with Gasteiger partial charge < -0.3 is 24.0 Å². The number of nitrogens with zero attached hydrogens (tertiary/aromatic N) is 7. The summed E-state index contributed by atoms with van der Waals surface area (Å²) in [6.45, 7) is 7.49. The number of aromatic nitrogens is 3. The monoisotopic (exact) mass is 557 g/mol. The van der Waals surface area contributed by atoms with Crippen molar-refractivity contribution in [3.8, 4) is 11.9 Å². The van der Waals surface area contributed by atoms with E-state index in [4.69, 9.17) is 29.2 Å². The maximum absolute atomic E-state index is 13.1. The maximum atomic E-state index is 13.1. The molecule has 4 heterocycles. The molecule has 0 saturated carbocycles. The van der Waals surface area contributed by atoms with Crippen molar-refractivity contribution < 1.29 is 19.0 Å². The zero-order valence-corrected chi connectivity index (χ0v) is 23.7. The third-order valence-corrected chi connectivity index (χ3v) is 7.50. The number of fused-ring (bicyclic) bond motifs is 1. The molecule has 2 aromatic heterocycles. The van der Waals surface area contributed by atoms with E-state index in [1.165, 1.54) is 0 Å². The van der Waals surface area contributed by atoms with Gasteiger partial charge in [-0.05, 0) is 43.5 Å². The molecule has 2 aliphatic rings. The Labute approximate surface area is 240 Å². The molecular weight excluding hydrogens is 522 g/mol. The first kappa shape index (κ1) is 28.1. The van der Waals surface area contributed by atoms with Gasteiger partial charge in [-0.2, -0.15) is 5.26 Å². The topological polar surface area (TPSA) is 117 Å². The van der Waals surface area contributed by atoms with Gasteiger partial charge in [-0.3, -0.25) is 4.90 Å². The number of amides is 1. The molecule has 0 aliphatic carbocycles. The number of carbonyl (C=O) groups is 1. The molecule has 0 radical (unpaired) electrons. The molecule has 41 heavy (non-hydrogen) atoms. The van der Waals surface area contributed by atoms with Crippen LogP contribution in [0.3, 0.4) is 0 Å². The van der Waals surface area contributed by atoms with E-state index in [0.29, 0.717) is 55.0 Å². The number of hydrogen-bond donors (Lipinski definition) is 0.